The van der Waals surface area contributed by atoms with Crippen LogP contribution in [0.2, 0.25) is 0 Å². The molecule has 0 spiro atoms. The van der Waals surface area contributed by atoms with Crippen LogP contribution in [0.25, 0.3) is 21.9 Å². The second-order valence-electron chi connectivity index (χ2n) is 9.57. The molecule has 0 heterocycles. The number of benzene rings is 3. The van der Waals surface area contributed by atoms with Crippen molar-refractivity contribution in [2.45, 2.75) is 84.0 Å². The maximum absolute atomic E-state index is 15.3. The van der Waals surface area contributed by atoms with Crippen LogP contribution in [0.4, 0.5) is 4.39 Å². The monoisotopic (exact) mass is 416 g/mol. The van der Waals surface area contributed by atoms with E-state index in [1.807, 2.05) is 12.1 Å². The standard InChI is InChI=1S/C30H37F/c1-3-5-6-8-22-9-12-24(13-10-22)25-14-16-26(17-15-25)28-20-18-27-21-23(7-4-2)11-19-29(27)30(28)31/h11,14-22,24H,3-10,12-13H2,1-2H3. The van der Waals surface area contributed by atoms with Crippen LogP contribution in [0.15, 0.2) is 54.6 Å². The van der Waals surface area contributed by atoms with Crippen molar-refractivity contribution in [3.05, 3.63) is 71.5 Å². The van der Waals surface area contributed by atoms with Crippen molar-refractivity contribution in [2.75, 3.05) is 0 Å². The van der Waals surface area contributed by atoms with Crippen LogP contribution < -0.4 is 0 Å². The van der Waals surface area contributed by atoms with Gasteiger partial charge in [0.25, 0.3) is 0 Å². The lowest BCUT2D eigenvalue weighted by Gasteiger charge is -2.29. The molecule has 3 aromatic carbocycles. The number of hydrogen-bond acceptors (Lipinski definition) is 0. The van der Waals surface area contributed by atoms with Crippen LogP contribution in [0.3, 0.4) is 0 Å². The van der Waals surface area contributed by atoms with Gasteiger partial charge in [-0.1, -0.05) is 101 Å². The van der Waals surface area contributed by atoms with E-state index in [0.29, 0.717) is 11.5 Å². The van der Waals surface area contributed by atoms with Crippen LogP contribution in [0.1, 0.15) is 88.7 Å². The van der Waals surface area contributed by atoms with E-state index in [-0.39, 0.29) is 5.82 Å². The summed E-state index contributed by atoms with van der Waals surface area (Å²) in [6.07, 6.45) is 13.0. The highest BCUT2D eigenvalue weighted by Crippen LogP contribution is 2.38. The van der Waals surface area contributed by atoms with Gasteiger partial charge in [-0.2, -0.15) is 0 Å². The molecule has 0 bridgehead atoms. The van der Waals surface area contributed by atoms with Gasteiger partial charge in [0, 0.05) is 10.9 Å². The SMILES string of the molecule is CCCCCC1CCC(c2ccc(-c3ccc4cc(CCC)ccc4c3F)cc2)CC1. The Balaban J connectivity index is 1.45. The lowest BCUT2D eigenvalue weighted by atomic mass is 9.77. The Kier molecular flexibility index (Phi) is 7.43. The Morgan fingerprint density at radius 3 is 2.29 bits per heavy atom. The number of fused-ring (bicyclic) bond motifs is 1. The molecule has 0 unspecified atom stereocenters. The summed E-state index contributed by atoms with van der Waals surface area (Å²) < 4.78 is 15.3. The van der Waals surface area contributed by atoms with Gasteiger partial charge < -0.3 is 0 Å². The molecule has 0 saturated heterocycles. The van der Waals surface area contributed by atoms with Gasteiger partial charge in [-0.15, -0.1) is 0 Å². The summed E-state index contributed by atoms with van der Waals surface area (Å²) in [5.74, 6) is 1.52. The first-order valence-corrected chi connectivity index (χ1v) is 12.5. The molecule has 0 aromatic heterocycles. The highest BCUT2D eigenvalue weighted by molar-refractivity contribution is 5.88. The van der Waals surface area contributed by atoms with E-state index in [0.717, 1.165) is 35.1 Å². The molecule has 164 valence electrons. The van der Waals surface area contributed by atoms with Gasteiger partial charge in [-0.3, -0.25) is 0 Å². The average Bonchev–Trinajstić information content (AvgIpc) is 2.80. The molecule has 0 nitrogen and oxygen atoms in total. The number of unbranched alkanes of at least 4 members (excludes halogenated alkanes) is 2. The average molecular weight is 417 g/mol. The van der Waals surface area contributed by atoms with Gasteiger partial charge in [-0.25, -0.2) is 4.39 Å². The summed E-state index contributed by atoms with van der Waals surface area (Å²) >= 11 is 0. The van der Waals surface area contributed by atoms with Crippen molar-refractivity contribution in [2.24, 2.45) is 5.92 Å². The van der Waals surface area contributed by atoms with Gasteiger partial charge in [0.15, 0.2) is 0 Å². The third kappa shape index (κ3) is 5.20. The van der Waals surface area contributed by atoms with Crippen LogP contribution >= 0.6 is 0 Å². The molecular weight excluding hydrogens is 379 g/mol. The van der Waals surface area contributed by atoms with Crippen LogP contribution in [0.5, 0.6) is 0 Å². The Morgan fingerprint density at radius 2 is 1.58 bits per heavy atom. The zero-order chi connectivity index (χ0) is 21.6. The van der Waals surface area contributed by atoms with Gasteiger partial charge in [-0.05, 0) is 66.0 Å². The molecule has 0 atom stereocenters. The molecule has 1 aliphatic carbocycles. The highest BCUT2D eigenvalue weighted by Gasteiger charge is 2.22. The normalized spacial score (nSPS) is 19.1. The van der Waals surface area contributed by atoms with E-state index in [1.165, 1.54) is 62.5 Å². The zero-order valence-corrected chi connectivity index (χ0v) is 19.3. The molecular formula is C30H37F. The minimum Gasteiger partial charge on any atom is -0.206 e. The summed E-state index contributed by atoms with van der Waals surface area (Å²) in [5, 5.41) is 1.72. The third-order valence-corrected chi connectivity index (χ3v) is 7.31. The fraction of sp³-hybridized carbons (Fsp3) is 0.467. The maximum Gasteiger partial charge on any atom is 0.138 e. The molecule has 1 aliphatic rings. The fourth-order valence-electron chi connectivity index (χ4n) is 5.41. The quantitative estimate of drug-likeness (QED) is 0.321. The molecule has 3 aromatic rings. The van der Waals surface area contributed by atoms with Crippen molar-refractivity contribution in [3.63, 3.8) is 0 Å². The van der Waals surface area contributed by atoms with E-state index < -0.39 is 0 Å². The van der Waals surface area contributed by atoms with E-state index in [1.54, 1.807) is 0 Å². The minimum absolute atomic E-state index is 0.0964. The molecule has 1 saturated carbocycles. The second-order valence-corrected chi connectivity index (χ2v) is 9.57. The zero-order valence-electron chi connectivity index (χ0n) is 19.3. The predicted octanol–water partition coefficient (Wildman–Crippen LogP) is 9.45. The largest absolute Gasteiger partial charge is 0.206 e. The molecule has 1 heteroatoms. The van der Waals surface area contributed by atoms with Gasteiger partial charge >= 0.3 is 0 Å². The van der Waals surface area contributed by atoms with E-state index in [9.17, 15) is 0 Å². The van der Waals surface area contributed by atoms with Gasteiger partial charge in [0.1, 0.15) is 5.82 Å². The fourth-order valence-corrected chi connectivity index (χ4v) is 5.41. The number of halogens is 1. The first-order valence-electron chi connectivity index (χ1n) is 12.5. The number of rotatable bonds is 8. The predicted molar refractivity (Wildman–Crippen MR) is 132 cm³/mol. The summed E-state index contributed by atoms with van der Waals surface area (Å²) in [4.78, 5) is 0. The summed E-state index contributed by atoms with van der Waals surface area (Å²) in [6.45, 7) is 4.46. The summed E-state index contributed by atoms with van der Waals surface area (Å²) in [7, 11) is 0. The lowest BCUT2D eigenvalue weighted by Crippen LogP contribution is -2.13. The van der Waals surface area contributed by atoms with Crippen molar-refractivity contribution >= 4 is 10.8 Å². The third-order valence-electron chi connectivity index (χ3n) is 7.31. The van der Waals surface area contributed by atoms with Crippen LogP contribution in [-0.4, -0.2) is 0 Å². The molecule has 4 rings (SSSR count). The Hall–Kier alpha value is -2.15. The molecule has 0 radical (unpaired) electrons. The highest BCUT2D eigenvalue weighted by atomic mass is 19.1. The lowest BCUT2D eigenvalue weighted by molar-refractivity contribution is 0.303. The van der Waals surface area contributed by atoms with Crippen molar-refractivity contribution in [3.8, 4) is 11.1 Å². The Labute approximate surface area is 187 Å². The molecule has 0 N–H and O–H groups in total. The molecule has 1 fully saturated rings. The van der Waals surface area contributed by atoms with Gasteiger partial charge in [0.05, 0.1) is 0 Å². The van der Waals surface area contributed by atoms with Crippen molar-refractivity contribution in [1.82, 2.24) is 0 Å². The summed E-state index contributed by atoms with van der Waals surface area (Å²) in [5.41, 5.74) is 4.41. The van der Waals surface area contributed by atoms with Crippen molar-refractivity contribution < 1.29 is 4.39 Å². The van der Waals surface area contributed by atoms with Crippen LogP contribution in [-0.2, 0) is 6.42 Å². The first-order chi connectivity index (χ1) is 15.2. The Bertz CT molecular complexity index is 977. The maximum atomic E-state index is 15.3. The molecule has 31 heavy (non-hydrogen) atoms. The number of hydrogen-bond donors (Lipinski definition) is 0. The molecule has 0 amide bonds. The first kappa shape index (κ1) is 22.1. The van der Waals surface area contributed by atoms with Crippen molar-refractivity contribution in [1.29, 1.82) is 0 Å². The Morgan fingerprint density at radius 1 is 0.806 bits per heavy atom. The van der Waals surface area contributed by atoms with E-state index >= 15 is 4.39 Å². The van der Waals surface area contributed by atoms with E-state index in [4.69, 9.17) is 0 Å². The smallest absolute Gasteiger partial charge is 0.138 e. The number of aryl methyl sites for hydroxylation is 1. The van der Waals surface area contributed by atoms with E-state index in [2.05, 4.69) is 56.3 Å². The summed E-state index contributed by atoms with van der Waals surface area (Å²) in [6, 6.07) is 18.9. The topological polar surface area (TPSA) is 0 Å². The van der Waals surface area contributed by atoms with Gasteiger partial charge in [0.2, 0.25) is 0 Å². The van der Waals surface area contributed by atoms with Crippen LogP contribution in [0, 0.1) is 11.7 Å². The molecule has 0 aliphatic heterocycles. The second kappa shape index (κ2) is 10.4. The minimum atomic E-state index is -0.0964.